The normalized spacial score (nSPS) is 10.7. The van der Waals surface area contributed by atoms with Crippen molar-refractivity contribution >= 4 is 17.9 Å². The number of nitrogens with one attached hydrogen (secondary N) is 1. The van der Waals surface area contributed by atoms with Crippen LogP contribution in [0.25, 0.3) is 6.08 Å². The smallest absolute Gasteiger partial charge is 0.247 e. The van der Waals surface area contributed by atoms with Crippen molar-refractivity contribution in [1.29, 1.82) is 0 Å². The summed E-state index contributed by atoms with van der Waals surface area (Å²) in [6.07, 6.45) is 3.07. The Morgan fingerprint density at radius 3 is 2.12 bits per heavy atom. The van der Waals surface area contributed by atoms with Crippen molar-refractivity contribution in [3.8, 4) is 17.2 Å². The number of methoxy groups -OCH3 is 3. The predicted octanol–water partition coefficient (Wildman–Crippen LogP) is 2.10. The standard InChI is InChI=1S/C19H28N2O5/c1-7-21(12-17(22)20-13(2)3)18(23)9-8-14-10-15(24-4)19(26-6)16(11-14)25-5/h8-11,13H,7,12H2,1-6H3,(H,20,22)/b9-8+. The van der Waals surface area contributed by atoms with E-state index in [1.807, 2.05) is 20.8 Å². The fourth-order valence-electron chi connectivity index (χ4n) is 2.36. The van der Waals surface area contributed by atoms with E-state index in [2.05, 4.69) is 5.32 Å². The van der Waals surface area contributed by atoms with Crippen LogP contribution >= 0.6 is 0 Å². The van der Waals surface area contributed by atoms with Gasteiger partial charge in [-0.25, -0.2) is 0 Å². The maximum atomic E-state index is 12.4. The molecule has 1 rings (SSSR count). The number of amides is 2. The summed E-state index contributed by atoms with van der Waals surface area (Å²) >= 11 is 0. The van der Waals surface area contributed by atoms with E-state index in [9.17, 15) is 9.59 Å². The third-order valence-electron chi connectivity index (χ3n) is 3.58. The molecule has 0 fully saturated rings. The van der Waals surface area contributed by atoms with Crippen LogP contribution in [0.4, 0.5) is 0 Å². The Morgan fingerprint density at radius 2 is 1.69 bits per heavy atom. The molecule has 0 heterocycles. The fourth-order valence-corrected chi connectivity index (χ4v) is 2.36. The minimum Gasteiger partial charge on any atom is -0.493 e. The monoisotopic (exact) mass is 364 g/mol. The molecule has 0 bridgehead atoms. The molecule has 144 valence electrons. The maximum Gasteiger partial charge on any atom is 0.247 e. The zero-order valence-corrected chi connectivity index (χ0v) is 16.3. The predicted molar refractivity (Wildman–Crippen MR) is 101 cm³/mol. The van der Waals surface area contributed by atoms with Crippen LogP contribution < -0.4 is 19.5 Å². The number of likely N-dealkylation sites (N-methyl/N-ethyl adjacent to an activating group) is 1. The minimum atomic E-state index is -0.250. The summed E-state index contributed by atoms with van der Waals surface area (Å²) in [7, 11) is 4.59. The molecule has 0 radical (unpaired) electrons. The van der Waals surface area contributed by atoms with Gasteiger partial charge in [-0.1, -0.05) is 0 Å². The first-order valence-corrected chi connectivity index (χ1v) is 8.42. The van der Waals surface area contributed by atoms with E-state index in [4.69, 9.17) is 14.2 Å². The second-order valence-corrected chi connectivity index (χ2v) is 5.87. The van der Waals surface area contributed by atoms with Gasteiger partial charge in [0.25, 0.3) is 0 Å². The molecule has 0 spiro atoms. The van der Waals surface area contributed by atoms with E-state index in [0.717, 1.165) is 5.56 Å². The molecule has 1 aromatic carbocycles. The maximum absolute atomic E-state index is 12.4. The quantitative estimate of drug-likeness (QED) is 0.679. The minimum absolute atomic E-state index is 0.0209. The second kappa shape index (κ2) is 10.3. The summed E-state index contributed by atoms with van der Waals surface area (Å²) in [5.41, 5.74) is 0.718. The van der Waals surface area contributed by atoms with Crippen LogP contribution in [0.5, 0.6) is 17.2 Å². The molecular weight excluding hydrogens is 336 g/mol. The van der Waals surface area contributed by atoms with Gasteiger partial charge in [0, 0.05) is 18.7 Å². The average molecular weight is 364 g/mol. The Balaban J connectivity index is 2.93. The van der Waals surface area contributed by atoms with Gasteiger partial charge in [-0.3, -0.25) is 9.59 Å². The Hall–Kier alpha value is -2.70. The number of carbonyl (C=O) groups excluding carboxylic acids is 2. The summed E-state index contributed by atoms with van der Waals surface area (Å²) in [5, 5.41) is 2.78. The van der Waals surface area contributed by atoms with Crippen LogP contribution in [-0.4, -0.2) is 57.2 Å². The summed E-state index contributed by atoms with van der Waals surface area (Å²) in [6.45, 7) is 6.03. The molecule has 2 amide bonds. The van der Waals surface area contributed by atoms with E-state index < -0.39 is 0 Å². The van der Waals surface area contributed by atoms with E-state index >= 15 is 0 Å². The average Bonchev–Trinajstić information content (AvgIpc) is 2.62. The zero-order chi connectivity index (χ0) is 19.7. The summed E-state index contributed by atoms with van der Waals surface area (Å²) in [5.74, 6) is 1.06. The van der Waals surface area contributed by atoms with Gasteiger partial charge < -0.3 is 24.4 Å². The Bertz CT molecular complexity index is 630. The van der Waals surface area contributed by atoms with Gasteiger partial charge in [-0.15, -0.1) is 0 Å². The van der Waals surface area contributed by atoms with Gasteiger partial charge in [-0.2, -0.15) is 0 Å². The summed E-state index contributed by atoms with van der Waals surface area (Å²) < 4.78 is 15.9. The van der Waals surface area contributed by atoms with Crippen LogP contribution in [0.1, 0.15) is 26.3 Å². The van der Waals surface area contributed by atoms with Crippen molar-refractivity contribution in [2.24, 2.45) is 0 Å². The number of benzene rings is 1. The first-order valence-electron chi connectivity index (χ1n) is 8.42. The van der Waals surface area contributed by atoms with Gasteiger partial charge >= 0.3 is 0 Å². The van der Waals surface area contributed by atoms with Crippen LogP contribution in [0.15, 0.2) is 18.2 Å². The molecule has 7 heteroatoms. The largest absolute Gasteiger partial charge is 0.493 e. The number of ether oxygens (including phenoxy) is 3. The number of hydrogen-bond acceptors (Lipinski definition) is 5. The van der Waals surface area contributed by atoms with E-state index in [0.29, 0.717) is 23.8 Å². The highest BCUT2D eigenvalue weighted by Gasteiger charge is 2.15. The van der Waals surface area contributed by atoms with Crippen molar-refractivity contribution < 1.29 is 23.8 Å². The molecule has 1 aromatic rings. The summed E-state index contributed by atoms with van der Waals surface area (Å²) in [4.78, 5) is 25.7. The van der Waals surface area contributed by atoms with Crippen molar-refractivity contribution in [3.05, 3.63) is 23.8 Å². The van der Waals surface area contributed by atoms with Gasteiger partial charge in [0.15, 0.2) is 11.5 Å². The zero-order valence-electron chi connectivity index (χ0n) is 16.3. The number of nitrogens with zero attached hydrogens (tertiary/aromatic N) is 1. The first-order chi connectivity index (χ1) is 12.4. The topological polar surface area (TPSA) is 77.1 Å². The molecule has 7 nitrogen and oxygen atoms in total. The number of carbonyl (C=O) groups is 2. The lowest BCUT2D eigenvalue weighted by Crippen LogP contribution is -2.42. The van der Waals surface area contributed by atoms with E-state index in [1.165, 1.54) is 32.3 Å². The third-order valence-corrected chi connectivity index (χ3v) is 3.58. The molecule has 26 heavy (non-hydrogen) atoms. The fraction of sp³-hybridized carbons (Fsp3) is 0.474. The molecule has 0 aliphatic rings. The molecule has 0 atom stereocenters. The third kappa shape index (κ3) is 5.98. The first kappa shape index (κ1) is 21.3. The van der Waals surface area contributed by atoms with Gasteiger partial charge in [0.1, 0.15) is 0 Å². The molecule has 0 aliphatic heterocycles. The lowest BCUT2D eigenvalue weighted by molar-refractivity contribution is -0.132. The Labute approximate surface area is 154 Å². The molecule has 0 aliphatic carbocycles. The lowest BCUT2D eigenvalue weighted by Gasteiger charge is -2.19. The summed E-state index contributed by atoms with van der Waals surface area (Å²) in [6, 6.07) is 3.52. The van der Waals surface area contributed by atoms with Crippen LogP contribution in [0.2, 0.25) is 0 Å². The van der Waals surface area contributed by atoms with Crippen molar-refractivity contribution in [2.75, 3.05) is 34.4 Å². The lowest BCUT2D eigenvalue weighted by atomic mass is 10.1. The highest BCUT2D eigenvalue weighted by Crippen LogP contribution is 2.38. The number of hydrogen-bond donors (Lipinski definition) is 1. The molecule has 0 saturated carbocycles. The van der Waals surface area contributed by atoms with Crippen LogP contribution in [0, 0.1) is 0 Å². The number of rotatable bonds is 9. The van der Waals surface area contributed by atoms with Crippen LogP contribution in [0.3, 0.4) is 0 Å². The molecule has 0 unspecified atom stereocenters. The van der Waals surface area contributed by atoms with Gasteiger partial charge in [0.2, 0.25) is 17.6 Å². The van der Waals surface area contributed by atoms with Gasteiger partial charge in [0.05, 0.1) is 27.9 Å². The van der Waals surface area contributed by atoms with Crippen molar-refractivity contribution in [3.63, 3.8) is 0 Å². The van der Waals surface area contributed by atoms with E-state index in [-0.39, 0.29) is 24.4 Å². The molecule has 1 N–H and O–H groups in total. The Kier molecular flexibility index (Phi) is 8.48. The van der Waals surface area contributed by atoms with Gasteiger partial charge in [-0.05, 0) is 44.5 Å². The van der Waals surface area contributed by atoms with Crippen molar-refractivity contribution in [2.45, 2.75) is 26.8 Å². The SMILES string of the molecule is CCN(CC(=O)NC(C)C)C(=O)/C=C/c1cc(OC)c(OC)c(OC)c1. The van der Waals surface area contributed by atoms with Crippen molar-refractivity contribution in [1.82, 2.24) is 10.2 Å². The molecule has 0 aromatic heterocycles. The Morgan fingerprint density at radius 1 is 1.12 bits per heavy atom. The highest BCUT2D eigenvalue weighted by atomic mass is 16.5. The second-order valence-electron chi connectivity index (χ2n) is 5.87. The molecular formula is C19H28N2O5. The molecule has 0 saturated heterocycles. The van der Waals surface area contributed by atoms with Crippen LogP contribution in [-0.2, 0) is 9.59 Å². The van der Waals surface area contributed by atoms with E-state index in [1.54, 1.807) is 18.2 Å². The highest BCUT2D eigenvalue weighted by molar-refractivity contribution is 5.94.